The van der Waals surface area contributed by atoms with Gasteiger partial charge in [-0.1, -0.05) is 29.3 Å². The number of aromatic nitrogens is 2. The molecular weight excluding hydrogens is 565 g/mol. The van der Waals surface area contributed by atoms with Crippen LogP contribution >= 0.6 is 23.2 Å². The quantitative estimate of drug-likeness (QED) is 0.241. The van der Waals surface area contributed by atoms with Gasteiger partial charge in [-0.15, -0.1) is 0 Å². The smallest absolute Gasteiger partial charge is 0.291 e. The number of nitrogens with zero attached hydrogens (tertiary/aromatic N) is 2. The van der Waals surface area contributed by atoms with Crippen LogP contribution in [0.2, 0.25) is 10.0 Å². The molecule has 2 aromatic carbocycles. The Bertz CT molecular complexity index is 1650. The number of hydrogen-bond acceptors (Lipinski definition) is 7. The third kappa shape index (κ3) is 7.23. The first-order valence-electron chi connectivity index (χ1n) is 11.3. The molecule has 0 fully saturated rings. The third-order valence-electron chi connectivity index (χ3n) is 5.13. The summed E-state index contributed by atoms with van der Waals surface area (Å²) in [6, 6.07) is 14.8. The molecule has 13 heteroatoms. The van der Waals surface area contributed by atoms with E-state index in [0.717, 1.165) is 0 Å². The molecule has 0 atom stereocenters. The van der Waals surface area contributed by atoms with Crippen molar-refractivity contribution in [2.45, 2.75) is 18.7 Å². The van der Waals surface area contributed by atoms with Gasteiger partial charge in [0.25, 0.3) is 21.8 Å². The highest BCUT2D eigenvalue weighted by atomic mass is 35.5. The number of hydrogen-bond donors (Lipinski definition) is 3. The van der Waals surface area contributed by atoms with Gasteiger partial charge < -0.3 is 15.1 Å². The first-order valence-corrected chi connectivity index (χ1v) is 13.5. The Balaban J connectivity index is 1.55. The number of furan rings is 1. The molecule has 2 amide bonds. The molecule has 0 aliphatic heterocycles. The minimum atomic E-state index is -3.99. The Labute approximate surface area is 234 Å². The summed E-state index contributed by atoms with van der Waals surface area (Å²) in [4.78, 5) is 33.8. The van der Waals surface area contributed by atoms with Crippen LogP contribution in [-0.4, -0.2) is 30.2 Å². The number of nitrogens with one attached hydrogen (secondary N) is 3. The van der Waals surface area contributed by atoms with Crippen LogP contribution in [-0.2, 0) is 14.8 Å². The Hall–Kier alpha value is -4.19. The molecule has 0 aliphatic carbocycles. The van der Waals surface area contributed by atoms with Gasteiger partial charge in [0.15, 0.2) is 5.76 Å². The van der Waals surface area contributed by atoms with Crippen molar-refractivity contribution in [3.05, 3.63) is 105 Å². The van der Waals surface area contributed by atoms with Gasteiger partial charge in [-0.2, -0.15) is 0 Å². The van der Waals surface area contributed by atoms with Crippen LogP contribution in [0.5, 0.6) is 0 Å². The highest BCUT2D eigenvalue weighted by Crippen LogP contribution is 2.24. The number of halogens is 2. The molecule has 3 N–H and O–H groups in total. The van der Waals surface area contributed by atoms with Crippen molar-refractivity contribution in [2.24, 2.45) is 0 Å². The summed E-state index contributed by atoms with van der Waals surface area (Å²) in [7, 11) is -3.99. The molecule has 0 radical (unpaired) electrons. The number of aryl methyl sites for hydroxylation is 2. The van der Waals surface area contributed by atoms with E-state index < -0.39 is 21.8 Å². The Morgan fingerprint density at radius 2 is 1.64 bits per heavy atom. The topological polar surface area (TPSA) is 143 Å². The lowest BCUT2D eigenvalue weighted by Gasteiger charge is -2.12. The molecule has 0 bridgehead atoms. The van der Waals surface area contributed by atoms with Crippen molar-refractivity contribution in [1.29, 1.82) is 0 Å². The van der Waals surface area contributed by atoms with Crippen LogP contribution in [0.15, 0.2) is 81.9 Å². The predicted octanol–water partition coefficient (Wildman–Crippen LogP) is 5.20. The van der Waals surface area contributed by atoms with Crippen LogP contribution in [0, 0.1) is 13.8 Å². The van der Waals surface area contributed by atoms with Gasteiger partial charge in [-0.05, 0) is 80.1 Å². The summed E-state index contributed by atoms with van der Waals surface area (Å²) >= 11 is 12.2. The van der Waals surface area contributed by atoms with Crippen LogP contribution < -0.4 is 15.4 Å². The minimum absolute atomic E-state index is 0.00857. The van der Waals surface area contributed by atoms with E-state index in [-0.39, 0.29) is 33.0 Å². The second kappa shape index (κ2) is 11.7. The van der Waals surface area contributed by atoms with Gasteiger partial charge in [-0.3, -0.25) is 9.59 Å². The molecule has 0 unspecified atom stereocenters. The van der Waals surface area contributed by atoms with Crippen LogP contribution in [0.25, 0.3) is 6.08 Å². The summed E-state index contributed by atoms with van der Waals surface area (Å²) in [5.74, 6) is -1.41. The number of amides is 2. The maximum absolute atomic E-state index is 13.1. The largest absolute Gasteiger partial charge is 0.459 e. The standard InChI is InChI=1S/C26H21Cl2N5O5S/c1-15-12-16(2)30-26(29-15)33-39(36,37)20-9-7-19(8-10-20)31-24(34)22(32-25(35)23-4-3-11-38-23)13-17-5-6-18(27)14-21(17)28/h3-14H,1-2H3,(H,31,34)(H,32,35)(H,29,30,33)/b22-13-. The second-order valence-electron chi connectivity index (χ2n) is 8.21. The van der Waals surface area contributed by atoms with E-state index >= 15 is 0 Å². The van der Waals surface area contributed by atoms with Crippen molar-refractivity contribution >= 4 is 62.8 Å². The van der Waals surface area contributed by atoms with E-state index in [1.807, 2.05) is 0 Å². The molecule has 10 nitrogen and oxygen atoms in total. The maximum atomic E-state index is 13.1. The van der Waals surface area contributed by atoms with Crippen LogP contribution in [0.4, 0.5) is 11.6 Å². The van der Waals surface area contributed by atoms with Crippen LogP contribution in [0.1, 0.15) is 27.5 Å². The second-order valence-corrected chi connectivity index (χ2v) is 10.7. The number of anilines is 2. The summed E-state index contributed by atoms with van der Waals surface area (Å²) in [5.41, 5.74) is 1.77. The lowest BCUT2D eigenvalue weighted by atomic mass is 10.1. The first kappa shape index (κ1) is 27.8. The average molecular weight is 586 g/mol. The van der Waals surface area contributed by atoms with E-state index in [9.17, 15) is 18.0 Å². The molecule has 0 saturated carbocycles. The molecule has 4 rings (SSSR count). The Kier molecular flexibility index (Phi) is 8.34. The van der Waals surface area contributed by atoms with Gasteiger partial charge >= 0.3 is 0 Å². The van der Waals surface area contributed by atoms with E-state index in [2.05, 4.69) is 25.3 Å². The maximum Gasteiger partial charge on any atom is 0.291 e. The highest BCUT2D eigenvalue weighted by molar-refractivity contribution is 7.92. The Morgan fingerprint density at radius 1 is 0.949 bits per heavy atom. The van der Waals surface area contributed by atoms with Gasteiger partial charge in [0.2, 0.25) is 5.95 Å². The van der Waals surface area contributed by atoms with Crippen molar-refractivity contribution in [2.75, 3.05) is 10.0 Å². The molecule has 4 aromatic rings. The number of sulfonamides is 1. The lowest BCUT2D eigenvalue weighted by molar-refractivity contribution is -0.113. The van der Waals surface area contributed by atoms with Gasteiger partial charge in [-0.25, -0.2) is 23.1 Å². The first-order chi connectivity index (χ1) is 18.5. The Morgan fingerprint density at radius 3 is 2.26 bits per heavy atom. The molecule has 2 aromatic heterocycles. The van der Waals surface area contributed by atoms with Crippen molar-refractivity contribution < 1.29 is 22.4 Å². The summed E-state index contributed by atoms with van der Waals surface area (Å²) in [5, 5.41) is 5.79. The predicted molar refractivity (Wildman–Crippen MR) is 148 cm³/mol. The van der Waals surface area contributed by atoms with Crippen molar-refractivity contribution in [3.8, 4) is 0 Å². The fraction of sp³-hybridized carbons (Fsp3) is 0.0769. The number of rotatable bonds is 8. The number of benzene rings is 2. The fourth-order valence-electron chi connectivity index (χ4n) is 3.39. The minimum Gasteiger partial charge on any atom is -0.459 e. The average Bonchev–Trinajstić information content (AvgIpc) is 3.40. The zero-order chi connectivity index (χ0) is 28.2. The van der Waals surface area contributed by atoms with Crippen LogP contribution in [0.3, 0.4) is 0 Å². The lowest BCUT2D eigenvalue weighted by Crippen LogP contribution is -2.30. The highest BCUT2D eigenvalue weighted by Gasteiger charge is 2.19. The van der Waals surface area contributed by atoms with Crippen molar-refractivity contribution in [1.82, 2.24) is 15.3 Å². The van der Waals surface area contributed by atoms with Gasteiger partial charge in [0.05, 0.1) is 11.2 Å². The molecule has 200 valence electrons. The molecular formula is C26H21Cl2N5O5S. The van der Waals surface area contributed by atoms with E-state index in [4.69, 9.17) is 27.6 Å². The number of carbonyl (C=O) groups excluding carboxylic acids is 2. The molecule has 2 heterocycles. The zero-order valence-electron chi connectivity index (χ0n) is 20.5. The van der Waals surface area contributed by atoms with E-state index in [0.29, 0.717) is 22.0 Å². The molecule has 0 aliphatic rings. The summed E-state index contributed by atoms with van der Waals surface area (Å²) < 4.78 is 33.0. The van der Waals surface area contributed by atoms with E-state index in [1.54, 1.807) is 32.0 Å². The molecule has 39 heavy (non-hydrogen) atoms. The normalized spacial score (nSPS) is 11.6. The zero-order valence-corrected chi connectivity index (χ0v) is 22.9. The fourth-order valence-corrected chi connectivity index (χ4v) is 4.80. The van der Waals surface area contributed by atoms with E-state index in [1.165, 1.54) is 54.8 Å². The third-order valence-corrected chi connectivity index (χ3v) is 7.04. The SMILES string of the molecule is Cc1cc(C)nc(NS(=O)(=O)c2ccc(NC(=O)/C(=C/c3ccc(Cl)cc3Cl)NC(=O)c3ccco3)cc2)n1. The summed E-state index contributed by atoms with van der Waals surface area (Å²) in [6.07, 6.45) is 2.70. The molecule has 0 saturated heterocycles. The molecule has 0 spiro atoms. The monoisotopic (exact) mass is 585 g/mol. The number of carbonyl (C=O) groups is 2. The van der Waals surface area contributed by atoms with Gasteiger partial charge in [0.1, 0.15) is 5.70 Å². The summed E-state index contributed by atoms with van der Waals surface area (Å²) in [6.45, 7) is 3.45. The van der Waals surface area contributed by atoms with Gasteiger partial charge in [0, 0.05) is 27.1 Å². The van der Waals surface area contributed by atoms with Crippen molar-refractivity contribution in [3.63, 3.8) is 0 Å².